The average molecular weight is 344 g/mol. The monoisotopic (exact) mass is 344 g/mol. The van der Waals surface area contributed by atoms with Gasteiger partial charge in [0.05, 0.1) is 18.4 Å². The Morgan fingerprint density at radius 2 is 1.96 bits per heavy atom. The first-order valence-electron chi connectivity index (χ1n) is 8.12. The van der Waals surface area contributed by atoms with E-state index >= 15 is 0 Å². The number of anilines is 1. The molecule has 0 aromatic heterocycles. The maximum absolute atomic E-state index is 12.2. The first-order valence-corrected chi connectivity index (χ1v) is 8.12. The normalized spacial score (nSPS) is 10.9. The van der Waals surface area contributed by atoms with Crippen molar-refractivity contribution in [2.45, 2.75) is 13.8 Å². The molecule has 0 atom stereocenters. The van der Waals surface area contributed by atoms with E-state index in [-0.39, 0.29) is 11.1 Å². The number of amides is 1. The zero-order chi connectivity index (χ0) is 18.7. The van der Waals surface area contributed by atoms with Crippen LogP contribution in [0.25, 0.3) is 0 Å². The highest BCUT2D eigenvalue weighted by Gasteiger charge is 2.15. The maximum atomic E-state index is 12.2. The molecule has 0 saturated heterocycles. The second kappa shape index (κ2) is 10.8. The van der Waals surface area contributed by atoms with Crippen LogP contribution in [0.3, 0.4) is 0 Å². The van der Waals surface area contributed by atoms with Crippen LogP contribution in [0, 0.1) is 11.3 Å². The molecule has 0 heterocycles. The van der Waals surface area contributed by atoms with Crippen molar-refractivity contribution in [3.63, 3.8) is 0 Å². The van der Waals surface area contributed by atoms with E-state index in [0.29, 0.717) is 12.2 Å². The number of methoxy groups -OCH3 is 1. The smallest absolute Gasteiger partial charge is 0.339 e. The van der Waals surface area contributed by atoms with Crippen molar-refractivity contribution in [2.24, 2.45) is 0 Å². The van der Waals surface area contributed by atoms with Crippen LogP contribution in [0.5, 0.6) is 0 Å². The van der Waals surface area contributed by atoms with E-state index in [9.17, 15) is 14.9 Å². The second-order valence-electron chi connectivity index (χ2n) is 5.14. The molecular formula is C18H24N4O3. The summed E-state index contributed by atoms with van der Waals surface area (Å²) in [6, 6.07) is 8.32. The molecule has 2 N–H and O–H groups in total. The molecule has 0 bridgehead atoms. The number of benzene rings is 1. The van der Waals surface area contributed by atoms with Gasteiger partial charge in [-0.05, 0) is 25.2 Å². The van der Waals surface area contributed by atoms with Gasteiger partial charge in [-0.3, -0.25) is 4.79 Å². The molecule has 0 spiro atoms. The van der Waals surface area contributed by atoms with E-state index in [2.05, 4.69) is 34.1 Å². The number of nitriles is 1. The lowest BCUT2D eigenvalue weighted by atomic mass is 10.1. The van der Waals surface area contributed by atoms with E-state index in [4.69, 9.17) is 0 Å². The standard InChI is InChI=1S/C18H24N4O3/c1-4-22(5-2)11-10-20-13-14(12-19)17(23)21-16-9-7-6-8-15(16)18(24)25-3/h6-9,13,20H,4-5,10-11H2,1-3H3,(H,21,23)/b14-13-. The van der Waals surface area contributed by atoms with Crippen LogP contribution < -0.4 is 10.6 Å². The SMILES string of the molecule is CCN(CC)CCN/C=C(/C#N)C(=O)Nc1ccccc1C(=O)OC. The Hall–Kier alpha value is -2.85. The van der Waals surface area contributed by atoms with Crippen LogP contribution in [-0.2, 0) is 9.53 Å². The van der Waals surface area contributed by atoms with Gasteiger partial charge in [-0.25, -0.2) is 4.79 Å². The van der Waals surface area contributed by atoms with Gasteiger partial charge in [0.1, 0.15) is 11.6 Å². The third-order valence-corrected chi connectivity index (χ3v) is 3.66. The van der Waals surface area contributed by atoms with Crippen LogP contribution in [-0.4, -0.2) is 50.1 Å². The summed E-state index contributed by atoms with van der Waals surface area (Å²) in [6.07, 6.45) is 1.39. The van der Waals surface area contributed by atoms with Gasteiger partial charge < -0.3 is 20.3 Å². The minimum atomic E-state index is -0.589. The number of carbonyl (C=O) groups is 2. The number of rotatable bonds is 9. The van der Waals surface area contributed by atoms with Gasteiger partial charge in [0, 0.05) is 19.3 Å². The molecule has 0 aliphatic carbocycles. The lowest BCUT2D eigenvalue weighted by molar-refractivity contribution is -0.112. The highest BCUT2D eigenvalue weighted by Crippen LogP contribution is 2.16. The largest absolute Gasteiger partial charge is 0.465 e. The molecule has 7 heteroatoms. The van der Waals surface area contributed by atoms with Gasteiger partial charge in [0.2, 0.25) is 0 Å². The molecule has 7 nitrogen and oxygen atoms in total. The third-order valence-electron chi connectivity index (χ3n) is 3.66. The summed E-state index contributed by atoms with van der Waals surface area (Å²) in [6.45, 7) is 7.47. The zero-order valence-corrected chi connectivity index (χ0v) is 14.8. The number of hydrogen-bond donors (Lipinski definition) is 2. The Labute approximate surface area is 148 Å². The molecule has 0 saturated carbocycles. The van der Waals surface area contributed by atoms with Gasteiger partial charge in [-0.2, -0.15) is 5.26 Å². The van der Waals surface area contributed by atoms with Gasteiger partial charge >= 0.3 is 5.97 Å². The highest BCUT2D eigenvalue weighted by molar-refractivity contribution is 6.09. The predicted octanol–water partition coefficient (Wildman–Crippen LogP) is 1.75. The average Bonchev–Trinajstić information content (AvgIpc) is 2.64. The number of hydrogen-bond acceptors (Lipinski definition) is 6. The van der Waals surface area contributed by atoms with Crippen molar-refractivity contribution in [3.05, 3.63) is 41.6 Å². The fourth-order valence-corrected chi connectivity index (χ4v) is 2.16. The van der Waals surface area contributed by atoms with E-state index in [1.54, 1.807) is 24.3 Å². The Kier molecular flexibility index (Phi) is 8.75. The van der Waals surface area contributed by atoms with Gasteiger partial charge in [-0.15, -0.1) is 0 Å². The van der Waals surface area contributed by atoms with Crippen molar-refractivity contribution < 1.29 is 14.3 Å². The summed E-state index contributed by atoms with van der Waals surface area (Å²) < 4.78 is 4.68. The lowest BCUT2D eigenvalue weighted by Gasteiger charge is -2.17. The Morgan fingerprint density at radius 3 is 2.56 bits per heavy atom. The van der Waals surface area contributed by atoms with Crippen LogP contribution in [0.15, 0.2) is 36.0 Å². The van der Waals surface area contributed by atoms with Crippen molar-refractivity contribution in [1.29, 1.82) is 5.26 Å². The Bertz CT molecular complexity index is 661. The molecule has 134 valence electrons. The summed E-state index contributed by atoms with van der Waals surface area (Å²) in [5.41, 5.74) is 0.452. The van der Waals surface area contributed by atoms with E-state index < -0.39 is 11.9 Å². The summed E-state index contributed by atoms with van der Waals surface area (Å²) in [7, 11) is 1.27. The number of ether oxygens (including phenoxy) is 1. The van der Waals surface area contributed by atoms with Gasteiger partial charge in [0.15, 0.2) is 0 Å². The fraction of sp³-hybridized carbons (Fsp3) is 0.389. The van der Waals surface area contributed by atoms with Crippen LogP contribution in [0.4, 0.5) is 5.69 Å². The fourth-order valence-electron chi connectivity index (χ4n) is 2.16. The number of nitrogens with zero attached hydrogens (tertiary/aromatic N) is 2. The first kappa shape index (κ1) is 20.2. The number of nitrogens with one attached hydrogen (secondary N) is 2. The molecule has 1 aromatic carbocycles. The summed E-state index contributed by atoms with van der Waals surface area (Å²) in [5, 5.41) is 14.7. The number of likely N-dealkylation sites (N-methyl/N-ethyl adjacent to an activating group) is 1. The second-order valence-corrected chi connectivity index (χ2v) is 5.14. The Morgan fingerprint density at radius 1 is 1.28 bits per heavy atom. The van der Waals surface area contributed by atoms with E-state index in [1.807, 2.05) is 6.07 Å². The van der Waals surface area contributed by atoms with Crippen molar-refractivity contribution in [1.82, 2.24) is 10.2 Å². The quantitative estimate of drug-likeness (QED) is 0.307. The first-order chi connectivity index (χ1) is 12.1. The van der Waals surface area contributed by atoms with E-state index in [0.717, 1.165) is 19.6 Å². The van der Waals surface area contributed by atoms with E-state index in [1.165, 1.54) is 13.3 Å². The van der Waals surface area contributed by atoms with Crippen LogP contribution >= 0.6 is 0 Å². The molecule has 1 amide bonds. The minimum absolute atomic E-state index is 0.0702. The lowest BCUT2D eigenvalue weighted by Crippen LogP contribution is -2.30. The molecule has 0 unspecified atom stereocenters. The van der Waals surface area contributed by atoms with Gasteiger partial charge in [0.25, 0.3) is 5.91 Å². The molecule has 1 rings (SSSR count). The van der Waals surface area contributed by atoms with Crippen LogP contribution in [0.2, 0.25) is 0 Å². The number of carbonyl (C=O) groups excluding carboxylic acids is 2. The summed E-state index contributed by atoms with van der Waals surface area (Å²) in [5.74, 6) is -1.15. The maximum Gasteiger partial charge on any atom is 0.339 e. The summed E-state index contributed by atoms with van der Waals surface area (Å²) in [4.78, 5) is 26.2. The van der Waals surface area contributed by atoms with Gasteiger partial charge in [-0.1, -0.05) is 26.0 Å². The topological polar surface area (TPSA) is 94.5 Å². The molecule has 25 heavy (non-hydrogen) atoms. The molecular weight excluding hydrogens is 320 g/mol. The predicted molar refractivity (Wildman–Crippen MR) is 95.9 cm³/mol. The molecule has 0 aliphatic heterocycles. The molecule has 0 aliphatic rings. The van der Waals surface area contributed by atoms with Crippen molar-refractivity contribution in [2.75, 3.05) is 38.6 Å². The Balaban J connectivity index is 2.73. The molecule has 0 radical (unpaired) electrons. The molecule has 0 fully saturated rings. The number of para-hydroxylation sites is 1. The number of esters is 1. The van der Waals surface area contributed by atoms with Crippen LogP contribution in [0.1, 0.15) is 24.2 Å². The minimum Gasteiger partial charge on any atom is -0.465 e. The summed E-state index contributed by atoms with van der Waals surface area (Å²) >= 11 is 0. The van der Waals surface area contributed by atoms with Crippen molar-refractivity contribution in [3.8, 4) is 6.07 Å². The van der Waals surface area contributed by atoms with Crippen molar-refractivity contribution >= 4 is 17.6 Å². The third kappa shape index (κ3) is 6.28. The zero-order valence-electron chi connectivity index (χ0n) is 14.8. The molecule has 1 aromatic rings. The highest BCUT2D eigenvalue weighted by atomic mass is 16.5.